The number of rotatable bonds is 15. The Morgan fingerprint density at radius 1 is 0.852 bits per heavy atom. The lowest BCUT2D eigenvalue weighted by molar-refractivity contribution is -0.138. The summed E-state index contributed by atoms with van der Waals surface area (Å²) in [5, 5.41) is 16.5. The number of carboxylic acids is 1. The van der Waals surface area contributed by atoms with Crippen molar-refractivity contribution in [3.05, 3.63) is 126 Å². The lowest BCUT2D eigenvalue weighted by atomic mass is 9.86. The van der Waals surface area contributed by atoms with Crippen LogP contribution < -0.4 is 45.9 Å². The van der Waals surface area contributed by atoms with E-state index in [4.69, 9.17) is 30.8 Å². The Bertz CT molecular complexity index is 2630. The molecule has 1 aromatic heterocycles. The number of nitrogens with one attached hydrogen (secondary N) is 3. The van der Waals surface area contributed by atoms with Crippen LogP contribution in [0.4, 0.5) is 39.0 Å². The third kappa shape index (κ3) is 10.2. The maximum atomic E-state index is 13.4. The van der Waals surface area contributed by atoms with Crippen LogP contribution in [-0.4, -0.2) is 58.7 Å². The van der Waals surface area contributed by atoms with E-state index in [2.05, 4.69) is 20.3 Å². The van der Waals surface area contributed by atoms with Gasteiger partial charge in [-0.05, 0) is 77.6 Å². The van der Waals surface area contributed by atoms with Crippen LogP contribution in [0, 0.1) is 0 Å². The minimum atomic E-state index is -1.44. The molecule has 0 fully saturated rings. The molecule has 0 aliphatic rings. The van der Waals surface area contributed by atoms with Gasteiger partial charge in [-0.25, -0.2) is 14.0 Å². The summed E-state index contributed by atoms with van der Waals surface area (Å²) in [6.45, 7) is 6.10. The second-order valence-corrected chi connectivity index (χ2v) is 16.1. The number of carbonyl (C=O) groups is 3. The highest BCUT2D eigenvalue weighted by atomic mass is 32.2. The van der Waals surface area contributed by atoms with Gasteiger partial charge < -0.3 is 46.1 Å². The molecule has 6 aromatic rings. The number of nitrogens with zero attached hydrogens (tertiary/aromatic N) is 2. The predicted octanol–water partition coefficient (Wildman–Crippen LogP) is 8.21. The number of benzene rings is 5. The van der Waals surface area contributed by atoms with Crippen LogP contribution in [0.2, 0.25) is 0 Å². The van der Waals surface area contributed by atoms with Crippen molar-refractivity contribution < 1.29 is 37.9 Å². The minimum Gasteiger partial charge on any atom is -0.496 e. The van der Waals surface area contributed by atoms with Gasteiger partial charge in [-0.1, -0.05) is 57.2 Å². The summed E-state index contributed by atoms with van der Waals surface area (Å²) in [6, 6.07) is 28.1. The zero-order chi connectivity index (χ0) is 44.0. The number of pyridine rings is 1. The van der Waals surface area contributed by atoms with Gasteiger partial charge in [0.05, 0.1) is 36.8 Å². The third-order valence-corrected chi connectivity index (χ3v) is 10.1. The molecule has 5 aromatic carbocycles. The molecular weight excluding hydrogens is 799 g/mol. The Hall–Kier alpha value is -7.17. The summed E-state index contributed by atoms with van der Waals surface area (Å²) in [6.07, 6.45) is 3.26. The van der Waals surface area contributed by atoms with Crippen LogP contribution in [0.15, 0.2) is 109 Å². The number of aliphatic carboxylic acids is 1. The smallest absolute Gasteiger partial charge is 0.324 e. The molecule has 16 heteroatoms. The van der Waals surface area contributed by atoms with Gasteiger partial charge in [0.15, 0.2) is 5.75 Å². The zero-order valence-corrected chi connectivity index (χ0v) is 35.3. The van der Waals surface area contributed by atoms with E-state index in [1.807, 2.05) is 57.2 Å². The second-order valence-electron chi connectivity index (χ2n) is 15.0. The van der Waals surface area contributed by atoms with Crippen LogP contribution in [0.3, 0.4) is 0 Å². The van der Waals surface area contributed by atoms with Crippen molar-refractivity contribution in [2.75, 3.05) is 40.7 Å². The average Bonchev–Trinajstić information content (AvgIpc) is 3.21. The molecule has 0 saturated carbocycles. The third-order valence-electron chi connectivity index (χ3n) is 9.62. The topological polar surface area (TPSA) is 220 Å². The number of carboxylic acid groups (broad SMARTS) is 1. The number of ether oxygens (including phenoxy) is 3. The van der Waals surface area contributed by atoms with E-state index in [1.165, 1.54) is 25.4 Å². The maximum absolute atomic E-state index is 13.4. The summed E-state index contributed by atoms with van der Waals surface area (Å²) in [4.78, 5) is 43.6. The number of urea groups is 1. The summed E-state index contributed by atoms with van der Waals surface area (Å²) < 4.78 is 33.1. The second kappa shape index (κ2) is 18.4. The molecular formula is C45H47N7O8S. The summed E-state index contributed by atoms with van der Waals surface area (Å²) in [7, 11) is 1.50. The fraction of sp³-hybridized carbons (Fsp3) is 0.200. The van der Waals surface area contributed by atoms with Crippen molar-refractivity contribution in [1.82, 2.24) is 4.98 Å². The standard InChI is InChI=1S/C45H47N7O8S/c1-45(2,3)27-22-35(51-61(6)57)41(59-5)37(23-27)52(44(47)56)36-17-18-38(32-10-8-7-9-31(32)36)60-30-19-20-48-40(25-30)49-29-15-16-33(39(24-29)58-4)42(53)50-28-13-11-26(12-14-28)21-34(46)43(54)55/h7-20,22-25,34,51H,21,46H2,1-6H3,(H2,47,56)(H,48,49)(H,50,53)(H,54,55)/t34-,61?/m1/s1. The number of primary amides is 1. The lowest BCUT2D eigenvalue weighted by Gasteiger charge is -2.29. The Kier molecular flexibility index (Phi) is 13.1. The van der Waals surface area contributed by atoms with E-state index in [1.54, 1.807) is 72.9 Å². The van der Waals surface area contributed by atoms with E-state index in [0.29, 0.717) is 68.0 Å². The van der Waals surface area contributed by atoms with Gasteiger partial charge in [0.25, 0.3) is 5.91 Å². The molecule has 6 rings (SSSR count). The molecule has 2 atom stereocenters. The number of hydrogen-bond acceptors (Lipinski definition) is 10. The first-order valence-corrected chi connectivity index (χ1v) is 20.5. The first kappa shape index (κ1) is 43.4. The largest absolute Gasteiger partial charge is 0.496 e. The Morgan fingerprint density at radius 2 is 1.56 bits per heavy atom. The molecule has 316 valence electrons. The fourth-order valence-corrected chi connectivity index (χ4v) is 7.06. The van der Waals surface area contributed by atoms with E-state index in [9.17, 15) is 18.6 Å². The van der Waals surface area contributed by atoms with Crippen LogP contribution in [0.1, 0.15) is 42.3 Å². The van der Waals surface area contributed by atoms with Crippen LogP contribution in [-0.2, 0) is 27.6 Å². The van der Waals surface area contributed by atoms with Gasteiger partial charge in [-0.15, -0.1) is 0 Å². The molecule has 0 saturated heterocycles. The number of aromatic nitrogens is 1. The number of carbonyl (C=O) groups excluding carboxylic acids is 2. The number of fused-ring (bicyclic) bond motifs is 1. The normalized spacial score (nSPS) is 12.2. The van der Waals surface area contributed by atoms with Crippen LogP contribution in [0.25, 0.3) is 10.8 Å². The molecule has 0 bridgehead atoms. The molecule has 0 aliphatic carbocycles. The molecule has 15 nitrogen and oxygen atoms in total. The molecule has 61 heavy (non-hydrogen) atoms. The van der Waals surface area contributed by atoms with Gasteiger partial charge >= 0.3 is 12.0 Å². The minimum absolute atomic E-state index is 0.159. The Morgan fingerprint density at radius 3 is 2.20 bits per heavy atom. The monoisotopic (exact) mass is 845 g/mol. The SMILES string of the molecule is COc1cc(Nc2cc(Oc3ccc(N(C(N)=O)c4cc(C(C)(C)C)cc(NS(C)=O)c4OC)c4ccccc34)ccn2)ccc1C(=O)Nc1ccc(C[C@@H](N)C(=O)O)cc1. The molecule has 8 N–H and O–H groups in total. The maximum Gasteiger partial charge on any atom is 0.324 e. The van der Waals surface area contributed by atoms with E-state index in [-0.39, 0.29) is 17.4 Å². The summed E-state index contributed by atoms with van der Waals surface area (Å²) in [5.41, 5.74) is 15.7. The van der Waals surface area contributed by atoms with E-state index in [0.717, 1.165) is 11.1 Å². The zero-order valence-electron chi connectivity index (χ0n) is 34.4. The number of anilines is 6. The highest BCUT2D eigenvalue weighted by Crippen LogP contribution is 2.46. The molecule has 0 spiro atoms. The summed E-state index contributed by atoms with van der Waals surface area (Å²) in [5.74, 6) is 0.517. The van der Waals surface area contributed by atoms with Gasteiger partial charge in [-0.3, -0.25) is 14.5 Å². The highest BCUT2D eigenvalue weighted by molar-refractivity contribution is 7.85. The van der Waals surface area contributed by atoms with Crippen molar-refractivity contribution in [3.8, 4) is 23.0 Å². The van der Waals surface area contributed by atoms with Crippen molar-refractivity contribution in [1.29, 1.82) is 0 Å². The van der Waals surface area contributed by atoms with Crippen LogP contribution >= 0.6 is 0 Å². The number of hydrogen-bond donors (Lipinski definition) is 6. The fourth-order valence-electron chi connectivity index (χ4n) is 6.60. The van der Waals surface area contributed by atoms with Crippen molar-refractivity contribution >= 4 is 73.9 Å². The first-order chi connectivity index (χ1) is 29.1. The first-order valence-electron chi connectivity index (χ1n) is 19.0. The van der Waals surface area contributed by atoms with Gasteiger partial charge in [0, 0.05) is 46.7 Å². The van der Waals surface area contributed by atoms with E-state index >= 15 is 0 Å². The Labute approximate surface area is 355 Å². The number of nitrogens with two attached hydrogens (primary N) is 2. The van der Waals surface area contributed by atoms with Crippen molar-refractivity contribution in [2.24, 2.45) is 11.5 Å². The highest BCUT2D eigenvalue weighted by Gasteiger charge is 2.28. The van der Waals surface area contributed by atoms with Crippen LogP contribution in [0.5, 0.6) is 23.0 Å². The molecule has 3 amide bonds. The molecule has 0 radical (unpaired) electrons. The Balaban J connectivity index is 1.24. The van der Waals surface area contributed by atoms with Gasteiger partial charge in [0.1, 0.15) is 40.1 Å². The molecule has 1 unspecified atom stereocenters. The number of methoxy groups -OCH3 is 2. The quantitative estimate of drug-likeness (QED) is 0.0578. The van der Waals surface area contributed by atoms with Crippen molar-refractivity contribution in [3.63, 3.8) is 0 Å². The number of amides is 3. The average molecular weight is 846 g/mol. The molecule has 1 heterocycles. The molecule has 0 aliphatic heterocycles. The summed E-state index contributed by atoms with van der Waals surface area (Å²) >= 11 is 0. The lowest BCUT2D eigenvalue weighted by Crippen LogP contribution is -2.32. The van der Waals surface area contributed by atoms with Gasteiger partial charge in [-0.2, -0.15) is 0 Å². The van der Waals surface area contributed by atoms with E-state index < -0.39 is 34.9 Å². The van der Waals surface area contributed by atoms with Crippen molar-refractivity contribution in [2.45, 2.75) is 38.6 Å². The predicted molar refractivity (Wildman–Crippen MR) is 239 cm³/mol. The van der Waals surface area contributed by atoms with Gasteiger partial charge in [0.2, 0.25) is 0 Å².